The molecule has 1 saturated carbocycles. The first-order valence-electron chi connectivity index (χ1n) is 6.43. The lowest BCUT2D eigenvalue weighted by atomic mass is 9.77. The van der Waals surface area contributed by atoms with Crippen LogP contribution in [0.5, 0.6) is 0 Å². The summed E-state index contributed by atoms with van der Waals surface area (Å²) in [5.41, 5.74) is 5.69. The van der Waals surface area contributed by atoms with Gasteiger partial charge in [0.15, 0.2) is 0 Å². The summed E-state index contributed by atoms with van der Waals surface area (Å²) in [6, 6.07) is 1.41. The molecule has 19 heavy (non-hydrogen) atoms. The fraction of sp³-hybridized carbons (Fsp3) is 0.615. The van der Waals surface area contributed by atoms with Crippen LogP contribution in [0.1, 0.15) is 45.2 Å². The first-order chi connectivity index (χ1) is 8.79. The van der Waals surface area contributed by atoms with Crippen molar-refractivity contribution in [1.29, 1.82) is 0 Å². The first kappa shape index (κ1) is 13.6. The zero-order chi connectivity index (χ0) is 14.2. The van der Waals surface area contributed by atoms with Gasteiger partial charge in [0.2, 0.25) is 5.91 Å². The van der Waals surface area contributed by atoms with Gasteiger partial charge in [-0.15, -0.1) is 0 Å². The lowest BCUT2D eigenvalue weighted by molar-refractivity contribution is -0.129. The Balaban J connectivity index is 1.92. The van der Waals surface area contributed by atoms with E-state index in [9.17, 15) is 9.59 Å². The molecule has 0 aliphatic heterocycles. The van der Waals surface area contributed by atoms with Crippen molar-refractivity contribution in [2.24, 2.45) is 11.1 Å². The number of nitrogens with zero attached hydrogens (tertiary/aromatic N) is 2. The Hall–Kier alpha value is -1.85. The molecule has 0 bridgehead atoms. The van der Waals surface area contributed by atoms with Gasteiger partial charge in [-0.25, -0.2) is 4.79 Å². The summed E-state index contributed by atoms with van der Waals surface area (Å²) in [6.45, 7) is 5.67. The van der Waals surface area contributed by atoms with Crippen molar-refractivity contribution in [2.45, 2.75) is 45.6 Å². The third-order valence-electron chi connectivity index (χ3n) is 3.45. The topological polar surface area (TPSA) is 90.0 Å². The number of hydrogen-bond acceptors (Lipinski definition) is 3. The fourth-order valence-corrected chi connectivity index (χ4v) is 2.19. The summed E-state index contributed by atoms with van der Waals surface area (Å²) in [5, 5.41) is 6.91. The summed E-state index contributed by atoms with van der Waals surface area (Å²) >= 11 is 0. The molecule has 0 radical (unpaired) electrons. The van der Waals surface area contributed by atoms with Crippen LogP contribution in [0.25, 0.3) is 0 Å². The Morgan fingerprint density at radius 1 is 1.42 bits per heavy atom. The second-order valence-electron chi connectivity index (χ2n) is 6.09. The molecule has 1 aromatic heterocycles. The number of nitrogens with one attached hydrogen (secondary N) is 1. The van der Waals surface area contributed by atoms with Gasteiger partial charge in [0, 0.05) is 23.6 Å². The van der Waals surface area contributed by atoms with E-state index < -0.39 is 6.03 Å². The number of carbonyl (C=O) groups is 2. The number of nitrogens with two attached hydrogens (primary N) is 1. The molecular formula is C13H20N4O2. The lowest BCUT2D eigenvalue weighted by Gasteiger charge is -2.37. The quantitative estimate of drug-likeness (QED) is 0.841. The van der Waals surface area contributed by atoms with E-state index in [-0.39, 0.29) is 23.3 Å². The van der Waals surface area contributed by atoms with E-state index in [2.05, 4.69) is 10.4 Å². The summed E-state index contributed by atoms with van der Waals surface area (Å²) in [5.74, 6) is 0.291. The molecule has 0 saturated heterocycles. The predicted octanol–water partition coefficient (Wildman–Crippen LogP) is 1.22. The summed E-state index contributed by atoms with van der Waals surface area (Å²) in [7, 11) is 0. The third kappa shape index (κ3) is 2.77. The predicted molar refractivity (Wildman–Crippen MR) is 70.6 cm³/mol. The minimum absolute atomic E-state index is 0.0550. The van der Waals surface area contributed by atoms with Gasteiger partial charge in [-0.1, -0.05) is 20.8 Å². The van der Waals surface area contributed by atoms with Crippen molar-refractivity contribution in [1.82, 2.24) is 15.1 Å². The van der Waals surface area contributed by atoms with E-state index in [0.29, 0.717) is 0 Å². The maximum atomic E-state index is 11.8. The molecule has 2 rings (SSSR count). The van der Waals surface area contributed by atoms with E-state index in [0.717, 1.165) is 18.5 Å². The number of aromatic nitrogens is 2. The molecule has 0 atom stereocenters. The zero-order valence-electron chi connectivity index (χ0n) is 11.5. The Labute approximate surface area is 112 Å². The largest absolute Gasteiger partial charge is 0.353 e. The minimum Gasteiger partial charge on any atom is -0.353 e. The molecule has 1 aromatic rings. The van der Waals surface area contributed by atoms with Gasteiger partial charge in [-0.05, 0) is 18.9 Å². The highest BCUT2D eigenvalue weighted by Crippen LogP contribution is 2.37. The second-order valence-corrected chi connectivity index (χ2v) is 6.09. The zero-order valence-corrected chi connectivity index (χ0v) is 11.5. The Morgan fingerprint density at radius 2 is 2.05 bits per heavy atom. The molecule has 0 aromatic carbocycles. The maximum Gasteiger partial charge on any atom is 0.339 e. The molecule has 1 aliphatic rings. The van der Waals surface area contributed by atoms with Crippen LogP contribution in [0.15, 0.2) is 12.3 Å². The van der Waals surface area contributed by atoms with Crippen molar-refractivity contribution in [3.05, 3.63) is 18.0 Å². The number of hydrogen-bond donors (Lipinski definition) is 2. The van der Waals surface area contributed by atoms with Gasteiger partial charge in [0.05, 0.1) is 5.69 Å². The fourth-order valence-electron chi connectivity index (χ4n) is 2.19. The number of rotatable bonds is 2. The van der Waals surface area contributed by atoms with E-state index >= 15 is 0 Å². The standard InChI is InChI=1S/C13H20N4O2/c1-13(2,3)11(18)16-9-6-8(7-9)10-4-5-15-17(10)12(14)19/h4-5,8-9H,6-7H2,1-3H3,(H2,14,19)(H,16,18). The van der Waals surface area contributed by atoms with Crippen molar-refractivity contribution >= 4 is 11.9 Å². The molecule has 1 aliphatic carbocycles. The van der Waals surface area contributed by atoms with Crippen molar-refractivity contribution < 1.29 is 9.59 Å². The average molecular weight is 264 g/mol. The van der Waals surface area contributed by atoms with E-state index in [1.807, 2.05) is 20.8 Å². The van der Waals surface area contributed by atoms with Crippen molar-refractivity contribution in [2.75, 3.05) is 0 Å². The van der Waals surface area contributed by atoms with Gasteiger partial charge in [-0.3, -0.25) is 4.79 Å². The molecule has 1 fully saturated rings. The van der Waals surface area contributed by atoms with Crippen LogP contribution in [0, 0.1) is 5.41 Å². The van der Waals surface area contributed by atoms with Gasteiger partial charge in [-0.2, -0.15) is 9.78 Å². The van der Waals surface area contributed by atoms with Crippen LogP contribution in [0.4, 0.5) is 4.79 Å². The van der Waals surface area contributed by atoms with E-state index in [4.69, 9.17) is 5.73 Å². The molecule has 0 spiro atoms. The molecule has 6 heteroatoms. The smallest absolute Gasteiger partial charge is 0.339 e. The normalized spacial score (nSPS) is 22.7. The highest BCUT2D eigenvalue weighted by Gasteiger charge is 2.35. The highest BCUT2D eigenvalue weighted by molar-refractivity contribution is 5.81. The molecule has 3 N–H and O–H groups in total. The summed E-state index contributed by atoms with van der Waals surface area (Å²) in [6.07, 6.45) is 3.21. The molecule has 1 heterocycles. The first-order valence-corrected chi connectivity index (χ1v) is 6.43. The molecule has 104 valence electrons. The monoisotopic (exact) mass is 264 g/mol. The molecular weight excluding hydrogens is 244 g/mol. The van der Waals surface area contributed by atoms with Gasteiger partial charge < -0.3 is 11.1 Å². The van der Waals surface area contributed by atoms with E-state index in [1.165, 1.54) is 4.68 Å². The van der Waals surface area contributed by atoms with Crippen LogP contribution in [0.2, 0.25) is 0 Å². The highest BCUT2D eigenvalue weighted by atomic mass is 16.2. The van der Waals surface area contributed by atoms with Crippen molar-refractivity contribution in [3.63, 3.8) is 0 Å². The molecule has 6 nitrogen and oxygen atoms in total. The second kappa shape index (κ2) is 4.68. The van der Waals surface area contributed by atoms with Gasteiger partial charge >= 0.3 is 6.03 Å². The molecule has 2 amide bonds. The van der Waals surface area contributed by atoms with Crippen LogP contribution < -0.4 is 11.1 Å². The van der Waals surface area contributed by atoms with E-state index in [1.54, 1.807) is 12.3 Å². The lowest BCUT2D eigenvalue weighted by Crippen LogP contribution is -2.48. The van der Waals surface area contributed by atoms with Gasteiger partial charge in [0.1, 0.15) is 0 Å². The third-order valence-corrected chi connectivity index (χ3v) is 3.45. The van der Waals surface area contributed by atoms with Crippen LogP contribution >= 0.6 is 0 Å². The number of carbonyl (C=O) groups excluding carboxylic acids is 2. The van der Waals surface area contributed by atoms with Crippen LogP contribution in [0.3, 0.4) is 0 Å². The van der Waals surface area contributed by atoms with Crippen LogP contribution in [-0.4, -0.2) is 27.8 Å². The number of amides is 2. The van der Waals surface area contributed by atoms with Crippen LogP contribution in [-0.2, 0) is 4.79 Å². The maximum absolute atomic E-state index is 11.8. The number of primary amides is 1. The molecule has 0 unspecified atom stereocenters. The SMILES string of the molecule is CC(C)(C)C(=O)NC1CC(c2ccnn2C(N)=O)C1. The summed E-state index contributed by atoms with van der Waals surface area (Å²) < 4.78 is 1.23. The Bertz CT molecular complexity index is 495. The van der Waals surface area contributed by atoms with Crippen molar-refractivity contribution in [3.8, 4) is 0 Å². The van der Waals surface area contributed by atoms with Gasteiger partial charge in [0.25, 0.3) is 0 Å². The summed E-state index contributed by atoms with van der Waals surface area (Å²) in [4.78, 5) is 23.0. The average Bonchev–Trinajstić information content (AvgIpc) is 2.69. The Morgan fingerprint density at radius 3 is 2.58 bits per heavy atom. The Kier molecular flexibility index (Phi) is 3.34. The minimum atomic E-state index is -0.567.